The summed E-state index contributed by atoms with van der Waals surface area (Å²) in [6, 6.07) is 0. The average molecular weight is 374 g/mol. The van der Waals surface area contributed by atoms with Crippen molar-refractivity contribution in [3.05, 3.63) is 50.8 Å². The SMILES string of the molecule is C=CC(=O)OC.COC(=O)C=C=CCC[N+](=O)[O-].O=CCCC[N+](=O)[O-]. The third kappa shape index (κ3) is 32.6. The van der Waals surface area contributed by atoms with Gasteiger partial charge in [0.2, 0.25) is 13.1 Å². The second-order valence-corrected chi connectivity index (χ2v) is 3.98. The summed E-state index contributed by atoms with van der Waals surface area (Å²) in [4.78, 5) is 48.3. The third-order valence-electron chi connectivity index (χ3n) is 2.01. The van der Waals surface area contributed by atoms with E-state index in [0.29, 0.717) is 19.1 Å². The highest BCUT2D eigenvalue weighted by molar-refractivity contribution is 5.81. The average Bonchev–Trinajstić information content (AvgIpc) is 2.61. The number of carbonyl (C=O) groups excluding carboxylic acids is 3. The number of carbonyl (C=O) groups is 3. The molecule has 11 nitrogen and oxygen atoms in total. The molecule has 0 radical (unpaired) electrons. The van der Waals surface area contributed by atoms with Gasteiger partial charge in [0, 0.05) is 35.2 Å². The van der Waals surface area contributed by atoms with E-state index in [0.717, 1.165) is 12.2 Å². The van der Waals surface area contributed by atoms with Crippen molar-refractivity contribution in [2.45, 2.75) is 19.3 Å². The van der Waals surface area contributed by atoms with E-state index in [1.54, 1.807) is 0 Å². The number of methoxy groups -OCH3 is 2. The lowest BCUT2D eigenvalue weighted by Gasteiger charge is -1.85. The molecule has 0 saturated heterocycles. The number of esters is 2. The molecule has 0 spiro atoms. The first-order chi connectivity index (χ1) is 12.2. The molecule has 0 fully saturated rings. The van der Waals surface area contributed by atoms with E-state index in [4.69, 9.17) is 0 Å². The van der Waals surface area contributed by atoms with Gasteiger partial charge < -0.3 is 14.3 Å². The quantitative estimate of drug-likeness (QED) is 0.110. The highest BCUT2D eigenvalue weighted by Crippen LogP contribution is 1.83. The highest BCUT2D eigenvalue weighted by Gasteiger charge is 1.93. The van der Waals surface area contributed by atoms with Crippen LogP contribution in [0.25, 0.3) is 0 Å². The zero-order chi connectivity index (χ0) is 20.8. The molecule has 0 saturated carbocycles. The van der Waals surface area contributed by atoms with Crippen LogP contribution in [0.15, 0.2) is 30.5 Å². The lowest BCUT2D eigenvalue weighted by atomic mass is 10.3. The first-order valence-corrected chi connectivity index (χ1v) is 7.11. The van der Waals surface area contributed by atoms with Crippen molar-refractivity contribution < 1.29 is 33.7 Å². The van der Waals surface area contributed by atoms with Crippen molar-refractivity contribution >= 4 is 18.2 Å². The van der Waals surface area contributed by atoms with E-state index in [1.807, 2.05) is 0 Å². The molecule has 0 heterocycles. The fraction of sp³-hybridized carbons (Fsp3) is 0.467. The molecule has 0 aliphatic heterocycles. The predicted octanol–water partition coefficient (Wildman–Crippen LogP) is 1.13. The molecule has 26 heavy (non-hydrogen) atoms. The summed E-state index contributed by atoms with van der Waals surface area (Å²) in [6.45, 7) is 2.91. The summed E-state index contributed by atoms with van der Waals surface area (Å²) in [5.41, 5.74) is 2.46. The summed E-state index contributed by atoms with van der Waals surface area (Å²) < 4.78 is 8.41. The van der Waals surface area contributed by atoms with E-state index in [9.17, 15) is 34.6 Å². The Labute approximate surface area is 150 Å². The molecule has 0 bridgehead atoms. The Kier molecular flexibility index (Phi) is 22.9. The molecule has 0 aliphatic carbocycles. The summed E-state index contributed by atoms with van der Waals surface area (Å²) in [5, 5.41) is 19.4. The van der Waals surface area contributed by atoms with Gasteiger partial charge in [-0.05, 0) is 6.08 Å². The van der Waals surface area contributed by atoms with Gasteiger partial charge in [-0.3, -0.25) is 20.2 Å². The molecule has 0 aromatic carbocycles. The Morgan fingerprint density at radius 3 is 1.92 bits per heavy atom. The van der Waals surface area contributed by atoms with Crippen LogP contribution in [0, 0.1) is 20.2 Å². The predicted molar refractivity (Wildman–Crippen MR) is 90.5 cm³/mol. The molecule has 0 aromatic heterocycles. The minimum atomic E-state index is -0.521. The van der Waals surface area contributed by atoms with Gasteiger partial charge in [0.15, 0.2) is 0 Å². The van der Waals surface area contributed by atoms with Crippen molar-refractivity contribution in [1.82, 2.24) is 0 Å². The maximum absolute atomic E-state index is 10.4. The van der Waals surface area contributed by atoms with Crippen LogP contribution in [0.1, 0.15) is 19.3 Å². The van der Waals surface area contributed by atoms with Crippen LogP contribution < -0.4 is 0 Å². The maximum Gasteiger partial charge on any atom is 0.338 e. The smallest absolute Gasteiger partial charge is 0.338 e. The second-order valence-electron chi connectivity index (χ2n) is 3.98. The fourth-order valence-corrected chi connectivity index (χ4v) is 0.826. The second kappa shape index (κ2) is 21.7. The number of hydrogen-bond donors (Lipinski definition) is 0. The summed E-state index contributed by atoms with van der Waals surface area (Å²) in [6.07, 6.45) is 5.21. The van der Waals surface area contributed by atoms with Gasteiger partial charge in [-0.25, -0.2) is 9.59 Å². The minimum absolute atomic E-state index is 0.0985. The molecule has 0 atom stereocenters. The monoisotopic (exact) mass is 374 g/mol. The molecule has 0 aromatic rings. The van der Waals surface area contributed by atoms with Crippen molar-refractivity contribution in [2.75, 3.05) is 27.3 Å². The summed E-state index contributed by atoms with van der Waals surface area (Å²) in [7, 11) is 2.56. The molecular weight excluding hydrogens is 352 g/mol. The standard InChI is InChI=1S/C7H9NO4.C4H7NO3.C4H6O2/c1-12-7(9)5-3-2-4-6-8(10)11;6-4-2-1-3-5(7)8;1-3-4(5)6-2/h2,5H,4,6H2,1H3;4H,1-3H2;3H,1H2,2H3. The maximum atomic E-state index is 10.4. The molecule has 0 unspecified atom stereocenters. The highest BCUT2D eigenvalue weighted by atomic mass is 16.6. The zero-order valence-corrected chi connectivity index (χ0v) is 14.6. The van der Waals surface area contributed by atoms with Crippen LogP contribution in [0.3, 0.4) is 0 Å². The van der Waals surface area contributed by atoms with E-state index < -0.39 is 21.8 Å². The van der Waals surface area contributed by atoms with Crippen molar-refractivity contribution in [3.8, 4) is 0 Å². The van der Waals surface area contributed by atoms with Crippen molar-refractivity contribution in [3.63, 3.8) is 0 Å². The van der Waals surface area contributed by atoms with Crippen LogP contribution in [0.5, 0.6) is 0 Å². The Bertz CT molecular complexity index is 523. The Hall–Kier alpha value is -3.33. The third-order valence-corrected chi connectivity index (χ3v) is 2.01. The van der Waals surface area contributed by atoms with E-state index >= 15 is 0 Å². The van der Waals surface area contributed by atoms with Crippen molar-refractivity contribution in [1.29, 1.82) is 0 Å². The number of aldehydes is 1. The van der Waals surface area contributed by atoms with E-state index in [2.05, 4.69) is 21.8 Å². The molecular formula is C15H22N2O9. The van der Waals surface area contributed by atoms with Gasteiger partial charge in [-0.2, -0.15) is 0 Å². The minimum Gasteiger partial charge on any atom is -0.466 e. The Balaban J connectivity index is -0.000000328. The van der Waals surface area contributed by atoms with Gasteiger partial charge in [0.05, 0.1) is 20.3 Å². The van der Waals surface area contributed by atoms with Crippen LogP contribution in [0.4, 0.5) is 0 Å². The topological polar surface area (TPSA) is 156 Å². The van der Waals surface area contributed by atoms with Gasteiger partial charge in [0.25, 0.3) is 0 Å². The molecule has 146 valence electrons. The molecule has 0 N–H and O–H groups in total. The Morgan fingerprint density at radius 2 is 1.58 bits per heavy atom. The van der Waals surface area contributed by atoms with Crippen LogP contribution >= 0.6 is 0 Å². The Morgan fingerprint density at radius 1 is 1.04 bits per heavy atom. The van der Waals surface area contributed by atoms with Gasteiger partial charge in [0.1, 0.15) is 6.29 Å². The molecule has 11 heteroatoms. The van der Waals surface area contributed by atoms with E-state index in [-0.39, 0.29) is 19.5 Å². The molecule has 0 aliphatic rings. The zero-order valence-electron chi connectivity index (χ0n) is 14.6. The first-order valence-electron chi connectivity index (χ1n) is 7.11. The van der Waals surface area contributed by atoms with Crippen LogP contribution in [-0.4, -0.2) is 55.4 Å². The lowest BCUT2D eigenvalue weighted by Crippen LogP contribution is -1.99. The number of nitrogens with zero attached hydrogens (tertiary/aromatic N) is 2. The van der Waals surface area contributed by atoms with Crippen LogP contribution in [0.2, 0.25) is 0 Å². The number of ether oxygens (including phenoxy) is 2. The fourth-order valence-electron chi connectivity index (χ4n) is 0.826. The largest absolute Gasteiger partial charge is 0.466 e. The van der Waals surface area contributed by atoms with Crippen molar-refractivity contribution in [2.24, 2.45) is 0 Å². The lowest BCUT2D eigenvalue weighted by molar-refractivity contribution is -0.480. The van der Waals surface area contributed by atoms with Gasteiger partial charge in [-0.15, -0.1) is 5.73 Å². The number of unbranched alkanes of at least 4 members (excludes halogenated alkanes) is 1. The molecule has 0 amide bonds. The van der Waals surface area contributed by atoms with Gasteiger partial charge >= 0.3 is 11.9 Å². The number of hydrogen-bond acceptors (Lipinski definition) is 9. The van der Waals surface area contributed by atoms with Gasteiger partial charge in [-0.1, -0.05) is 6.58 Å². The number of nitro groups is 2. The molecule has 0 rings (SSSR count). The normalized spacial score (nSPS) is 7.92. The number of rotatable bonds is 9. The summed E-state index contributed by atoms with van der Waals surface area (Å²) >= 11 is 0. The summed E-state index contributed by atoms with van der Waals surface area (Å²) in [5.74, 6) is -0.914. The van der Waals surface area contributed by atoms with Crippen LogP contribution in [-0.2, 0) is 23.9 Å². The van der Waals surface area contributed by atoms with E-state index in [1.165, 1.54) is 20.3 Å². The first kappa shape index (κ1) is 27.5.